The first-order valence-electron chi connectivity index (χ1n) is 7.41. The number of nitrogens with zero attached hydrogens (tertiary/aromatic N) is 3. The molecule has 0 atom stereocenters. The molecule has 0 saturated carbocycles. The maximum absolute atomic E-state index is 12.5. The van der Waals surface area contributed by atoms with E-state index in [0.29, 0.717) is 10.9 Å². The molecule has 0 bridgehead atoms. The number of aromatic nitrogens is 2. The molecule has 0 aliphatic heterocycles. The minimum atomic E-state index is -0.665. The summed E-state index contributed by atoms with van der Waals surface area (Å²) in [5.74, 6) is -0.541. The van der Waals surface area contributed by atoms with Crippen LogP contribution in [0.15, 0.2) is 53.3 Å². The van der Waals surface area contributed by atoms with Crippen molar-refractivity contribution >= 4 is 16.9 Å². The number of carbonyl (C=O) groups is 1. The van der Waals surface area contributed by atoms with E-state index >= 15 is 0 Å². The van der Waals surface area contributed by atoms with Crippen LogP contribution in [0.2, 0.25) is 0 Å². The Morgan fingerprint density at radius 1 is 1.24 bits per heavy atom. The molecule has 1 heterocycles. The Morgan fingerprint density at radius 2 is 2.04 bits per heavy atom. The van der Waals surface area contributed by atoms with E-state index in [1.54, 1.807) is 24.3 Å². The summed E-state index contributed by atoms with van der Waals surface area (Å²) in [5, 5.41) is 18.8. The topological polar surface area (TPSA) is 105 Å². The summed E-state index contributed by atoms with van der Waals surface area (Å²) in [4.78, 5) is 28.9. The van der Waals surface area contributed by atoms with E-state index in [0.717, 1.165) is 0 Å². The number of rotatable bonds is 4. The lowest BCUT2D eigenvalue weighted by Gasteiger charge is -2.11. The predicted molar refractivity (Wildman–Crippen MR) is 88.8 cm³/mol. The largest absolute Gasteiger partial charge is 0.508 e. The molecule has 0 aliphatic carbocycles. The molecule has 1 aromatic heterocycles. The summed E-state index contributed by atoms with van der Waals surface area (Å²) in [6.45, 7) is -0.466. The number of phenolic OH excluding ortho intramolecular Hbond substituents is 1. The fraction of sp³-hybridized carbons (Fsp3) is 0.111. The molecule has 124 valence electrons. The van der Waals surface area contributed by atoms with E-state index in [9.17, 15) is 14.7 Å². The molecule has 7 nitrogen and oxygen atoms in total. The third-order valence-electron chi connectivity index (χ3n) is 3.58. The van der Waals surface area contributed by atoms with Crippen LogP contribution >= 0.6 is 0 Å². The Labute approximate surface area is 142 Å². The van der Waals surface area contributed by atoms with Gasteiger partial charge in [0.25, 0.3) is 5.56 Å². The number of carbonyl (C=O) groups excluding carboxylic acids is 1. The predicted octanol–water partition coefficient (Wildman–Crippen LogP) is 1.98. The molecule has 0 fully saturated rings. The highest BCUT2D eigenvalue weighted by atomic mass is 16.5. The van der Waals surface area contributed by atoms with E-state index in [1.165, 1.54) is 28.8 Å². The van der Waals surface area contributed by atoms with E-state index in [4.69, 9.17) is 10.00 Å². The van der Waals surface area contributed by atoms with Crippen molar-refractivity contribution in [2.45, 2.75) is 13.2 Å². The van der Waals surface area contributed by atoms with E-state index in [-0.39, 0.29) is 35.8 Å². The molecule has 25 heavy (non-hydrogen) atoms. The van der Waals surface area contributed by atoms with Gasteiger partial charge in [-0.05, 0) is 30.3 Å². The molecule has 3 rings (SSSR count). The van der Waals surface area contributed by atoms with Gasteiger partial charge in [0, 0.05) is 0 Å². The zero-order chi connectivity index (χ0) is 17.8. The summed E-state index contributed by atoms with van der Waals surface area (Å²) in [6.07, 6.45) is 0. The van der Waals surface area contributed by atoms with Crippen molar-refractivity contribution in [1.82, 2.24) is 9.55 Å². The van der Waals surface area contributed by atoms with Gasteiger partial charge in [0.05, 0.1) is 22.5 Å². The number of esters is 1. The van der Waals surface area contributed by atoms with E-state index in [1.807, 2.05) is 6.07 Å². The van der Waals surface area contributed by atoms with E-state index < -0.39 is 5.97 Å². The minimum absolute atomic E-state index is 0.0559. The standard InChI is InChI=1S/C18H13N3O4/c19-8-9-21-16(20-15-7-2-1-6-14(15)17(21)23)11-25-18(24)12-4-3-5-13(22)10-12/h1-7,10,22H,9,11H2. The molecule has 7 heteroatoms. The van der Waals surface area contributed by atoms with Crippen molar-refractivity contribution in [1.29, 1.82) is 5.26 Å². The Balaban J connectivity index is 1.93. The van der Waals surface area contributed by atoms with Gasteiger partial charge < -0.3 is 9.84 Å². The third kappa shape index (κ3) is 3.33. The second kappa shape index (κ2) is 6.84. The number of ether oxygens (including phenoxy) is 1. The number of aromatic hydroxyl groups is 1. The number of para-hydroxylation sites is 1. The lowest BCUT2D eigenvalue weighted by atomic mass is 10.2. The maximum Gasteiger partial charge on any atom is 0.338 e. The number of hydrogen-bond donors (Lipinski definition) is 1. The smallest absolute Gasteiger partial charge is 0.338 e. The lowest BCUT2D eigenvalue weighted by Crippen LogP contribution is -2.26. The summed E-state index contributed by atoms with van der Waals surface area (Å²) >= 11 is 0. The Hall–Kier alpha value is -3.66. The van der Waals surface area contributed by atoms with Crippen LogP contribution in [0.1, 0.15) is 16.2 Å². The van der Waals surface area contributed by atoms with Crippen LogP contribution in [0.25, 0.3) is 10.9 Å². The van der Waals surface area contributed by atoms with Crippen molar-refractivity contribution in [3.63, 3.8) is 0 Å². The van der Waals surface area contributed by atoms with Gasteiger partial charge in [-0.1, -0.05) is 18.2 Å². The summed E-state index contributed by atoms with van der Waals surface area (Å²) in [5.41, 5.74) is 0.274. The molecular formula is C18H13N3O4. The molecule has 0 unspecified atom stereocenters. The molecule has 0 radical (unpaired) electrons. The highest BCUT2D eigenvalue weighted by molar-refractivity contribution is 5.89. The zero-order valence-electron chi connectivity index (χ0n) is 13.0. The van der Waals surface area contributed by atoms with Crippen LogP contribution in [-0.4, -0.2) is 20.6 Å². The second-order valence-corrected chi connectivity index (χ2v) is 5.22. The molecular weight excluding hydrogens is 322 g/mol. The van der Waals surface area contributed by atoms with Gasteiger partial charge in [-0.25, -0.2) is 9.78 Å². The normalized spacial score (nSPS) is 10.4. The summed E-state index contributed by atoms with van der Waals surface area (Å²) < 4.78 is 6.36. The number of hydrogen-bond acceptors (Lipinski definition) is 6. The average molecular weight is 335 g/mol. The van der Waals surface area contributed by atoms with Crippen LogP contribution in [0.4, 0.5) is 0 Å². The molecule has 3 aromatic rings. The fourth-order valence-corrected chi connectivity index (χ4v) is 2.40. The van der Waals surface area contributed by atoms with Gasteiger partial charge >= 0.3 is 5.97 Å². The van der Waals surface area contributed by atoms with Crippen LogP contribution in [0, 0.1) is 11.3 Å². The van der Waals surface area contributed by atoms with E-state index in [2.05, 4.69) is 4.98 Å². The van der Waals surface area contributed by atoms with Gasteiger partial charge in [-0.3, -0.25) is 9.36 Å². The molecule has 0 amide bonds. The molecule has 2 aromatic carbocycles. The van der Waals surface area contributed by atoms with Crippen LogP contribution in [-0.2, 0) is 17.9 Å². The van der Waals surface area contributed by atoms with Crippen molar-refractivity contribution in [3.8, 4) is 11.8 Å². The summed E-state index contributed by atoms with van der Waals surface area (Å²) in [7, 11) is 0. The number of phenols is 1. The molecule has 0 spiro atoms. The quantitative estimate of drug-likeness (QED) is 0.731. The second-order valence-electron chi connectivity index (χ2n) is 5.22. The Morgan fingerprint density at radius 3 is 2.80 bits per heavy atom. The first kappa shape index (κ1) is 16.2. The highest BCUT2D eigenvalue weighted by Crippen LogP contribution is 2.13. The van der Waals surface area contributed by atoms with Gasteiger partial charge in [0.1, 0.15) is 18.9 Å². The van der Waals surface area contributed by atoms with Gasteiger partial charge in [0.15, 0.2) is 5.82 Å². The van der Waals surface area contributed by atoms with Gasteiger partial charge in [-0.15, -0.1) is 0 Å². The zero-order valence-corrected chi connectivity index (χ0v) is 13.0. The SMILES string of the molecule is N#CCn1c(COC(=O)c2cccc(O)c2)nc2ccccc2c1=O. The number of nitriles is 1. The van der Waals surface area contributed by atoms with Crippen molar-refractivity contribution in [2.75, 3.05) is 0 Å². The minimum Gasteiger partial charge on any atom is -0.508 e. The molecule has 0 aliphatic rings. The fourth-order valence-electron chi connectivity index (χ4n) is 2.40. The highest BCUT2D eigenvalue weighted by Gasteiger charge is 2.14. The van der Waals surface area contributed by atoms with Crippen LogP contribution in [0.5, 0.6) is 5.75 Å². The van der Waals surface area contributed by atoms with Gasteiger partial charge in [-0.2, -0.15) is 5.26 Å². The van der Waals surface area contributed by atoms with Crippen molar-refractivity contribution < 1.29 is 14.6 Å². The first-order chi connectivity index (χ1) is 12.1. The summed E-state index contributed by atoms with van der Waals surface area (Å²) in [6, 6.07) is 14.4. The average Bonchev–Trinajstić information content (AvgIpc) is 2.62. The number of fused-ring (bicyclic) bond motifs is 1. The van der Waals surface area contributed by atoms with Crippen molar-refractivity contribution in [3.05, 3.63) is 70.3 Å². The maximum atomic E-state index is 12.5. The molecule has 0 saturated heterocycles. The van der Waals surface area contributed by atoms with Crippen molar-refractivity contribution in [2.24, 2.45) is 0 Å². The first-order valence-corrected chi connectivity index (χ1v) is 7.41. The Kier molecular flexibility index (Phi) is 4.44. The Bertz CT molecular complexity index is 1050. The third-order valence-corrected chi connectivity index (χ3v) is 3.58. The van der Waals surface area contributed by atoms with Crippen LogP contribution < -0.4 is 5.56 Å². The molecule has 1 N–H and O–H groups in total. The van der Waals surface area contributed by atoms with Gasteiger partial charge in [0.2, 0.25) is 0 Å². The monoisotopic (exact) mass is 335 g/mol. The van der Waals surface area contributed by atoms with Crippen LogP contribution in [0.3, 0.4) is 0 Å². The number of benzene rings is 2. The lowest BCUT2D eigenvalue weighted by molar-refractivity contribution is 0.0457.